The first kappa shape index (κ1) is 6.73. The van der Waals surface area contributed by atoms with Crippen molar-refractivity contribution in [3.8, 4) is 0 Å². The molecule has 0 radical (unpaired) electrons. The second kappa shape index (κ2) is 2.95. The molecule has 5 heteroatoms. The third kappa shape index (κ3) is 1.54. The number of nitrogens with zero attached hydrogens (tertiary/aromatic N) is 3. The molecular formula is C5H7N3O2. The summed E-state index contributed by atoms with van der Waals surface area (Å²) in [5.41, 5.74) is 0.648. The number of hydrogen-bond acceptors (Lipinski definition) is 4. The van der Waals surface area contributed by atoms with E-state index in [2.05, 4.69) is 15.0 Å². The minimum absolute atomic E-state index is 0.192. The zero-order valence-corrected chi connectivity index (χ0v) is 5.52. The molecule has 0 spiro atoms. The van der Waals surface area contributed by atoms with Crippen LogP contribution in [0.15, 0.2) is 6.20 Å². The van der Waals surface area contributed by atoms with E-state index < -0.39 is 0 Å². The van der Waals surface area contributed by atoms with Gasteiger partial charge in [-0.25, -0.2) is 0 Å². The Labute approximate surface area is 57.6 Å². The molecular weight excluding hydrogens is 134 g/mol. The molecule has 0 saturated carbocycles. The van der Waals surface area contributed by atoms with Gasteiger partial charge in [0.15, 0.2) is 0 Å². The second-order valence-electron chi connectivity index (χ2n) is 1.79. The van der Waals surface area contributed by atoms with Gasteiger partial charge in [0, 0.05) is 7.05 Å². The average molecular weight is 141 g/mol. The number of ether oxygens (including phenoxy) is 1. The molecule has 0 aliphatic carbocycles. The number of aryl methyl sites for hydroxylation is 1. The monoisotopic (exact) mass is 141 g/mol. The fourth-order valence-electron chi connectivity index (χ4n) is 0.581. The summed E-state index contributed by atoms with van der Waals surface area (Å²) in [4.78, 5) is 9.71. The highest BCUT2D eigenvalue weighted by Crippen LogP contribution is 1.91. The average Bonchev–Trinajstić information content (AvgIpc) is 2.31. The molecule has 1 aromatic rings. The van der Waals surface area contributed by atoms with E-state index in [9.17, 15) is 4.79 Å². The van der Waals surface area contributed by atoms with Crippen LogP contribution in [0.3, 0.4) is 0 Å². The molecule has 0 fully saturated rings. The van der Waals surface area contributed by atoms with Crippen LogP contribution in [0.4, 0.5) is 0 Å². The number of carbonyl (C=O) groups is 1. The Balaban J connectivity index is 2.49. The summed E-state index contributed by atoms with van der Waals surface area (Å²) < 4.78 is 5.98. The lowest BCUT2D eigenvalue weighted by atomic mass is 10.5. The van der Waals surface area contributed by atoms with Gasteiger partial charge in [-0.1, -0.05) is 5.21 Å². The second-order valence-corrected chi connectivity index (χ2v) is 1.79. The zero-order chi connectivity index (χ0) is 7.40. The SMILES string of the molecule is Cn1cc(COC=O)nn1. The number of carbonyl (C=O) groups excluding carboxylic acids is 1. The molecule has 10 heavy (non-hydrogen) atoms. The van der Waals surface area contributed by atoms with Crippen molar-refractivity contribution < 1.29 is 9.53 Å². The van der Waals surface area contributed by atoms with E-state index in [1.165, 1.54) is 0 Å². The molecule has 0 aromatic carbocycles. The molecule has 0 amide bonds. The first-order chi connectivity index (χ1) is 4.83. The molecule has 0 aliphatic heterocycles. The Hall–Kier alpha value is -1.39. The quantitative estimate of drug-likeness (QED) is 0.532. The van der Waals surface area contributed by atoms with E-state index >= 15 is 0 Å². The minimum Gasteiger partial charge on any atom is -0.461 e. The molecule has 1 rings (SSSR count). The lowest BCUT2D eigenvalue weighted by molar-refractivity contribution is -0.129. The van der Waals surface area contributed by atoms with Gasteiger partial charge >= 0.3 is 0 Å². The zero-order valence-electron chi connectivity index (χ0n) is 5.52. The molecule has 0 unspecified atom stereocenters. The van der Waals surface area contributed by atoms with Gasteiger partial charge in [0.1, 0.15) is 12.3 Å². The van der Waals surface area contributed by atoms with Crippen molar-refractivity contribution in [1.29, 1.82) is 0 Å². The van der Waals surface area contributed by atoms with Gasteiger partial charge in [0.25, 0.3) is 6.47 Å². The van der Waals surface area contributed by atoms with Crippen LogP contribution in [0.1, 0.15) is 5.69 Å². The Bertz CT molecular complexity index is 220. The Morgan fingerprint density at radius 1 is 1.90 bits per heavy atom. The van der Waals surface area contributed by atoms with Crippen molar-refractivity contribution in [3.05, 3.63) is 11.9 Å². The van der Waals surface area contributed by atoms with E-state index in [1.807, 2.05) is 0 Å². The molecule has 0 saturated heterocycles. The van der Waals surface area contributed by atoms with Crippen LogP contribution in [0, 0.1) is 0 Å². The standard InChI is InChI=1S/C5H7N3O2/c1-8-2-5(6-7-8)3-10-4-9/h2,4H,3H2,1H3. The summed E-state index contributed by atoms with van der Waals surface area (Å²) in [6, 6.07) is 0. The lowest BCUT2D eigenvalue weighted by Gasteiger charge is -1.88. The van der Waals surface area contributed by atoms with Crippen LogP contribution in [0.2, 0.25) is 0 Å². The van der Waals surface area contributed by atoms with Crippen molar-refractivity contribution >= 4 is 6.47 Å². The van der Waals surface area contributed by atoms with Crippen LogP contribution < -0.4 is 0 Å². The molecule has 0 aliphatic rings. The molecule has 0 N–H and O–H groups in total. The molecule has 0 atom stereocenters. The van der Waals surface area contributed by atoms with Crippen molar-refractivity contribution in [3.63, 3.8) is 0 Å². The molecule has 0 bridgehead atoms. The first-order valence-corrected chi connectivity index (χ1v) is 2.73. The summed E-state index contributed by atoms with van der Waals surface area (Å²) in [5.74, 6) is 0. The fraction of sp³-hybridized carbons (Fsp3) is 0.400. The highest BCUT2D eigenvalue weighted by atomic mass is 16.5. The largest absolute Gasteiger partial charge is 0.461 e. The lowest BCUT2D eigenvalue weighted by Crippen LogP contribution is -1.89. The highest BCUT2D eigenvalue weighted by molar-refractivity contribution is 5.36. The van der Waals surface area contributed by atoms with E-state index in [0.717, 1.165) is 0 Å². The normalized spacial score (nSPS) is 9.30. The third-order valence-electron chi connectivity index (χ3n) is 0.949. The van der Waals surface area contributed by atoms with Gasteiger partial charge in [-0.3, -0.25) is 9.48 Å². The van der Waals surface area contributed by atoms with Gasteiger partial charge in [0.2, 0.25) is 0 Å². The van der Waals surface area contributed by atoms with E-state index in [1.54, 1.807) is 17.9 Å². The summed E-state index contributed by atoms with van der Waals surface area (Å²) in [6.07, 6.45) is 1.68. The Morgan fingerprint density at radius 2 is 2.70 bits per heavy atom. The van der Waals surface area contributed by atoms with Crippen LogP contribution in [-0.2, 0) is 23.2 Å². The van der Waals surface area contributed by atoms with Gasteiger partial charge in [-0.05, 0) is 0 Å². The summed E-state index contributed by atoms with van der Waals surface area (Å²) in [6.45, 7) is 0.575. The molecule has 54 valence electrons. The number of rotatable bonds is 3. The predicted octanol–water partition coefficient (Wildman–Crippen LogP) is -0.512. The van der Waals surface area contributed by atoms with Crippen LogP contribution >= 0.6 is 0 Å². The minimum atomic E-state index is 0.192. The van der Waals surface area contributed by atoms with Gasteiger partial charge in [-0.2, -0.15) is 0 Å². The Kier molecular flexibility index (Phi) is 1.99. The smallest absolute Gasteiger partial charge is 0.293 e. The first-order valence-electron chi connectivity index (χ1n) is 2.73. The predicted molar refractivity (Wildman–Crippen MR) is 31.9 cm³/mol. The maximum Gasteiger partial charge on any atom is 0.293 e. The summed E-state index contributed by atoms with van der Waals surface area (Å²) >= 11 is 0. The number of aromatic nitrogens is 3. The van der Waals surface area contributed by atoms with E-state index in [4.69, 9.17) is 0 Å². The van der Waals surface area contributed by atoms with Crippen LogP contribution in [-0.4, -0.2) is 21.5 Å². The van der Waals surface area contributed by atoms with Crippen molar-refractivity contribution in [2.75, 3.05) is 0 Å². The maximum absolute atomic E-state index is 9.71. The Morgan fingerprint density at radius 3 is 3.20 bits per heavy atom. The fourth-order valence-corrected chi connectivity index (χ4v) is 0.581. The summed E-state index contributed by atoms with van der Waals surface area (Å²) in [7, 11) is 1.75. The van der Waals surface area contributed by atoms with E-state index in [0.29, 0.717) is 12.2 Å². The van der Waals surface area contributed by atoms with Gasteiger partial charge in [-0.15, -0.1) is 5.10 Å². The van der Waals surface area contributed by atoms with Crippen LogP contribution in [0.5, 0.6) is 0 Å². The van der Waals surface area contributed by atoms with Gasteiger partial charge < -0.3 is 4.74 Å². The van der Waals surface area contributed by atoms with Crippen molar-refractivity contribution in [2.45, 2.75) is 6.61 Å². The molecule has 1 aromatic heterocycles. The van der Waals surface area contributed by atoms with Gasteiger partial charge in [0.05, 0.1) is 6.20 Å². The van der Waals surface area contributed by atoms with Crippen molar-refractivity contribution in [2.24, 2.45) is 7.05 Å². The third-order valence-corrected chi connectivity index (χ3v) is 0.949. The summed E-state index contributed by atoms with van der Waals surface area (Å²) in [5, 5.41) is 7.32. The topological polar surface area (TPSA) is 57.0 Å². The molecule has 1 heterocycles. The highest BCUT2D eigenvalue weighted by Gasteiger charge is 1.95. The maximum atomic E-state index is 9.71. The molecule has 5 nitrogen and oxygen atoms in total. The number of hydrogen-bond donors (Lipinski definition) is 0. The van der Waals surface area contributed by atoms with Crippen LogP contribution in [0.25, 0.3) is 0 Å². The van der Waals surface area contributed by atoms with Crippen molar-refractivity contribution in [1.82, 2.24) is 15.0 Å². The van der Waals surface area contributed by atoms with E-state index in [-0.39, 0.29) is 6.61 Å².